The summed E-state index contributed by atoms with van der Waals surface area (Å²) in [5.41, 5.74) is 2.19. The minimum absolute atomic E-state index is 0.160. The highest BCUT2D eigenvalue weighted by molar-refractivity contribution is 7.99. The number of hydrogen-bond donors (Lipinski definition) is 1. The van der Waals surface area contributed by atoms with Gasteiger partial charge in [-0.15, -0.1) is 10.2 Å². The lowest BCUT2D eigenvalue weighted by Crippen LogP contribution is -2.14. The highest BCUT2D eigenvalue weighted by Crippen LogP contribution is 2.28. The number of methoxy groups -OCH3 is 2. The van der Waals surface area contributed by atoms with E-state index in [1.807, 2.05) is 65.2 Å². The van der Waals surface area contributed by atoms with Crippen molar-refractivity contribution in [3.63, 3.8) is 0 Å². The Morgan fingerprint density at radius 3 is 2.50 bits per heavy atom. The van der Waals surface area contributed by atoms with Crippen LogP contribution >= 0.6 is 11.8 Å². The maximum Gasteiger partial charge on any atom is 0.234 e. The first-order valence-corrected chi connectivity index (χ1v) is 10.7. The number of amides is 1. The number of thioether (sulfide) groups is 1. The van der Waals surface area contributed by atoms with Crippen molar-refractivity contribution in [2.24, 2.45) is 0 Å². The zero-order valence-corrected chi connectivity index (χ0v) is 18.4. The van der Waals surface area contributed by atoms with Crippen LogP contribution < -0.4 is 14.8 Å². The number of benzene rings is 2. The molecule has 2 aromatic heterocycles. The highest BCUT2D eigenvalue weighted by Gasteiger charge is 2.18. The Morgan fingerprint density at radius 2 is 1.78 bits per heavy atom. The molecule has 4 aromatic rings. The van der Waals surface area contributed by atoms with Crippen molar-refractivity contribution in [3.05, 3.63) is 72.9 Å². The van der Waals surface area contributed by atoms with Crippen molar-refractivity contribution >= 4 is 23.4 Å². The molecule has 1 amide bonds. The largest absolute Gasteiger partial charge is 0.497 e. The van der Waals surface area contributed by atoms with Crippen LogP contribution in [-0.4, -0.2) is 45.6 Å². The van der Waals surface area contributed by atoms with Gasteiger partial charge in [0.1, 0.15) is 17.2 Å². The lowest BCUT2D eigenvalue weighted by molar-refractivity contribution is -0.113. The maximum absolute atomic E-state index is 12.5. The standard InChI is InChI=1S/C23H21N5O3S/c1-30-18-11-9-17(10-12-18)28-22(20-8-3-4-13-24-20)26-27-23(28)32-15-21(29)25-16-6-5-7-19(14-16)31-2/h3-14H,15H2,1-2H3,(H,25,29). The van der Waals surface area contributed by atoms with Gasteiger partial charge in [0.15, 0.2) is 11.0 Å². The Balaban J connectivity index is 1.57. The van der Waals surface area contributed by atoms with Crippen molar-refractivity contribution in [1.29, 1.82) is 0 Å². The molecule has 1 N–H and O–H groups in total. The second kappa shape index (κ2) is 9.97. The summed E-state index contributed by atoms with van der Waals surface area (Å²) in [5.74, 6) is 2.01. The molecule has 0 fully saturated rings. The van der Waals surface area contributed by atoms with Crippen LogP contribution in [0.5, 0.6) is 11.5 Å². The normalized spacial score (nSPS) is 10.6. The van der Waals surface area contributed by atoms with Gasteiger partial charge in [-0.05, 0) is 48.5 Å². The monoisotopic (exact) mass is 447 g/mol. The van der Waals surface area contributed by atoms with Crippen LogP contribution in [0, 0.1) is 0 Å². The smallest absolute Gasteiger partial charge is 0.234 e. The zero-order valence-electron chi connectivity index (χ0n) is 17.6. The molecule has 2 heterocycles. The second-order valence-corrected chi connectivity index (χ2v) is 7.57. The fraction of sp³-hybridized carbons (Fsp3) is 0.130. The first kappa shape index (κ1) is 21.4. The number of aromatic nitrogens is 4. The Hall–Kier alpha value is -3.85. The highest BCUT2D eigenvalue weighted by atomic mass is 32.2. The number of carbonyl (C=O) groups is 1. The van der Waals surface area contributed by atoms with Gasteiger partial charge in [0.25, 0.3) is 0 Å². The van der Waals surface area contributed by atoms with Gasteiger partial charge in [0, 0.05) is 18.0 Å². The molecular formula is C23H21N5O3S. The molecular weight excluding hydrogens is 426 g/mol. The van der Waals surface area contributed by atoms with E-state index in [-0.39, 0.29) is 11.7 Å². The average Bonchev–Trinajstić information content (AvgIpc) is 3.27. The number of ether oxygens (including phenoxy) is 2. The van der Waals surface area contributed by atoms with Crippen molar-refractivity contribution in [1.82, 2.24) is 19.7 Å². The van der Waals surface area contributed by atoms with E-state index in [9.17, 15) is 4.79 Å². The molecule has 32 heavy (non-hydrogen) atoms. The topological polar surface area (TPSA) is 91.2 Å². The van der Waals surface area contributed by atoms with Gasteiger partial charge in [-0.25, -0.2) is 0 Å². The Labute approximate surface area is 189 Å². The van der Waals surface area contributed by atoms with Crippen molar-refractivity contribution in [3.8, 4) is 28.7 Å². The maximum atomic E-state index is 12.5. The minimum atomic E-state index is -0.160. The van der Waals surface area contributed by atoms with E-state index >= 15 is 0 Å². The van der Waals surface area contributed by atoms with Crippen LogP contribution in [0.1, 0.15) is 0 Å². The third kappa shape index (κ3) is 4.89. The third-order valence-electron chi connectivity index (χ3n) is 4.54. The number of carbonyl (C=O) groups excluding carboxylic acids is 1. The van der Waals surface area contributed by atoms with Crippen LogP contribution in [0.4, 0.5) is 5.69 Å². The number of rotatable bonds is 8. The molecule has 0 bridgehead atoms. The second-order valence-electron chi connectivity index (χ2n) is 6.62. The van der Waals surface area contributed by atoms with Crippen LogP contribution in [0.3, 0.4) is 0 Å². The third-order valence-corrected chi connectivity index (χ3v) is 5.47. The molecule has 0 spiro atoms. The SMILES string of the molecule is COc1ccc(-n2c(SCC(=O)Nc3cccc(OC)c3)nnc2-c2ccccn2)cc1. The molecule has 0 atom stereocenters. The molecule has 8 nitrogen and oxygen atoms in total. The summed E-state index contributed by atoms with van der Waals surface area (Å²) in [5, 5.41) is 12.1. The van der Waals surface area contributed by atoms with Gasteiger partial charge in [-0.3, -0.25) is 14.3 Å². The Morgan fingerprint density at radius 1 is 0.969 bits per heavy atom. The van der Waals surface area contributed by atoms with Crippen LogP contribution in [0.25, 0.3) is 17.2 Å². The van der Waals surface area contributed by atoms with E-state index in [1.165, 1.54) is 11.8 Å². The molecule has 0 aliphatic rings. The molecule has 9 heteroatoms. The Kier molecular flexibility index (Phi) is 6.66. The van der Waals surface area contributed by atoms with E-state index in [1.54, 1.807) is 26.5 Å². The van der Waals surface area contributed by atoms with Gasteiger partial charge in [-0.1, -0.05) is 23.9 Å². The molecule has 0 saturated heterocycles. The average molecular weight is 448 g/mol. The van der Waals surface area contributed by atoms with Crippen molar-refractivity contribution < 1.29 is 14.3 Å². The number of anilines is 1. The Bertz CT molecular complexity index is 1200. The van der Waals surface area contributed by atoms with E-state index in [0.29, 0.717) is 28.1 Å². The molecule has 0 unspecified atom stereocenters. The summed E-state index contributed by atoms with van der Waals surface area (Å²) < 4.78 is 12.3. The quantitative estimate of drug-likeness (QED) is 0.407. The molecule has 162 valence electrons. The van der Waals surface area contributed by atoms with Gasteiger partial charge < -0.3 is 14.8 Å². The lowest BCUT2D eigenvalue weighted by atomic mass is 10.3. The van der Waals surface area contributed by atoms with Gasteiger partial charge >= 0.3 is 0 Å². The predicted molar refractivity (Wildman–Crippen MR) is 123 cm³/mol. The van der Waals surface area contributed by atoms with E-state index in [2.05, 4.69) is 20.5 Å². The number of pyridine rings is 1. The fourth-order valence-corrected chi connectivity index (χ4v) is 3.77. The summed E-state index contributed by atoms with van der Waals surface area (Å²) in [6, 6.07) is 20.4. The van der Waals surface area contributed by atoms with Crippen LogP contribution in [-0.2, 0) is 4.79 Å². The lowest BCUT2D eigenvalue weighted by Gasteiger charge is -2.11. The van der Waals surface area contributed by atoms with Gasteiger partial charge in [-0.2, -0.15) is 0 Å². The fourth-order valence-electron chi connectivity index (χ4n) is 3.02. The van der Waals surface area contributed by atoms with Crippen molar-refractivity contribution in [2.45, 2.75) is 5.16 Å². The van der Waals surface area contributed by atoms with E-state index in [4.69, 9.17) is 9.47 Å². The van der Waals surface area contributed by atoms with E-state index < -0.39 is 0 Å². The predicted octanol–water partition coefficient (Wildman–Crippen LogP) is 4.08. The minimum Gasteiger partial charge on any atom is -0.497 e. The van der Waals surface area contributed by atoms with Crippen molar-refractivity contribution in [2.75, 3.05) is 25.3 Å². The number of nitrogens with one attached hydrogen (secondary N) is 1. The molecule has 2 aromatic carbocycles. The summed E-state index contributed by atoms with van der Waals surface area (Å²) in [4.78, 5) is 16.9. The van der Waals surface area contributed by atoms with Gasteiger partial charge in [0.2, 0.25) is 5.91 Å². The summed E-state index contributed by atoms with van der Waals surface area (Å²) >= 11 is 1.29. The molecule has 0 aliphatic heterocycles. The number of hydrogen-bond acceptors (Lipinski definition) is 7. The van der Waals surface area contributed by atoms with Gasteiger partial charge in [0.05, 0.1) is 25.7 Å². The zero-order chi connectivity index (χ0) is 22.3. The van der Waals surface area contributed by atoms with Crippen LogP contribution in [0.15, 0.2) is 78.1 Å². The summed E-state index contributed by atoms with van der Waals surface area (Å²) in [6.07, 6.45) is 1.71. The van der Waals surface area contributed by atoms with Crippen LogP contribution in [0.2, 0.25) is 0 Å². The van der Waals surface area contributed by atoms with E-state index in [0.717, 1.165) is 11.4 Å². The molecule has 4 rings (SSSR count). The summed E-state index contributed by atoms with van der Waals surface area (Å²) in [6.45, 7) is 0. The first-order valence-electron chi connectivity index (χ1n) is 9.76. The first-order chi connectivity index (χ1) is 15.7. The molecule has 0 saturated carbocycles. The summed E-state index contributed by atoms with van der Waals surface area (Å²) in [7, 11) is 3.21. The number of nitrogens with zero attached hydrogens (tertiary/aromatic N) is 4. The molecule has 0 radical (unpaired) electrons. The molecule has 0 aliphatic carbocycles.